The van der Waals surface area contributed by atoms with Gasteiger partial charge in [0.15, 0.2) is 0 Å². The molecular weight excluding hydrogens is 240 g/mol. The number of carbonyl (C=O) groups is 2. The summed E-state index contributed by atoms with van der Waals surface area (Å²) in [6.07, 6.45) is 1.87. The van der Waals surface area contributed by atoms with E-state index in [1.54, 1.807) is 16.7 Å². The van der Waals surface area contributed by atoms with Crippen molar-refractivity contribution in [1.29, 1.82) is 0 Å². The number of nitrogens with zero attached hydrogens (tertiary/aromatic N) is 1. The van der Waals surface area contributed by atoms with Crippen molar-refractivity contribution in [2.45, 2.75) is 18.9 Å². The number of piperidine rings is 1. The first-order valence-corrected chi connectivity index (χ1v) is 7.17. The van der Waals surface area contributed by atoms with Gasteiger partial charge in [0.2, 0.25) is 5.91 Å². The van der Waals surface area contributed by atoms with Crippen molar-refractivity contribution in [2.75, 3.05) is 31.1 Å². The average molecular weight is 258 g/mol. The van der Waals surface area contributed by atoms with Crippen LogP contribution in [0.1, 0.15) is 12.8 Å². The second-order valence-corrected chi connectivity index (χ2v) is 5.65. The Kier molecular flexibility index (Phi) is 4.28. The van der Waals surface area contributed by atoms with E-state index in [4.69, 9.17) is 5.11 Å². The number of rotatable bonds is 2. The standard InChI is InChI=1S/C11H18N2O3S/c14-10(8-2-1-3-12-6-8)13-4-5-17-7-9(13)11(15)16/h8-9,12H,1-7H2,(H,15,16). The molecule has 2 rings (SSSR count). The largest absolute Gasteiger partial charge is 0.480 e. The van der Waals surface area contributed by atoms with Crippen molar-refractivity contribution in [3.8, 4) is 0 Å². The first-order valence-electron chi connectivity index (χ1n) is 6.02. The molecule has 2 atom stereocenters. The molecule has 96 valence electrons. The Morgan fingerprint density at radius 2 is 2.24 bits per heavy atom. The third-order valence-electron chi connectivity index (χ3n) is 3.34. The smallest absolute Gasteiger partial charge is 0.327 e. The van der Waals surface area contributed by atoms with Gasteiger partial charge >= 0.3 is 5.97 Å². The van der Waals surface area contributed by atoms with E-state index in [0.717, 1.165) is 25.1 Å². The van der Waals surface area contributed by atoms with E-state index in [1.165, 1.54) is 0 Å². The molecule has 0 radical (unpaired) electrons. The highest BCUT2D eigenvalue weighted by Crippen LogP contribution is 2.21. The second-order valence-electron chi connectivity index (χ2n) is 4.50. The number of hydrogen-bond donors (Lipinski definition) is 2. The highest BCUT2D eigenvalue weighted by molar-refractivity contribution is 7.99. The molecule has 0 bridgehead atoms. The zero-order valence-corrected chi connectivity index (χ0v) is 10.5. The monoisotopic (exact) mass is 258 g/mol. The summed E-state index contributed by atoms with van der Waals surface area (Å²) in [6.45, 7) is 2.22. The van der Waals surface area contributed by atoms with Gasteiger partial charge in [-0.05, 0) is 19.4 Å². The van der Waals surface area contributed by atoms with Crippen LogP contribution in [0.2, 0.25) is 0 Å². The molecule has 0 saturated carbocycles. The fourth-order valence-electron chi connectivity index (χ4n) is 2.37. The van der Waals surface area contributed by atoms with E-state index < -0.39 is 12.0 Å². The van der Waals surface area contributed by atoms with Crippen LogP contribution in [0.25, 0.3) is 0 Å². The Morgan fingerprint density at radius 1 is 1.41 bits per heavy atom. The molecule has 0 aromatic heterocycles. The van der Waals surface area contributed by atoms with Crippen molar-refractivity contribution in [3.63, 3.8) is 0 Å². The van der Waals surface area contributed by atoms with Crippen LogP contribution in [0.15, 0.2) is 0 Å². The van der Waals surface area contributed by atoms with Crippen LogP contribution in [0.3, 0.4) is 0 Å². The number of aliphatic carboxylic acids is 1. The van der Waals surface area contributed by atoms with E-state index in [-0.39, 0.29) is 11.8 Å². The van der Waals surface area contributed by atoms with Crippen LogP contribution in [-0.2, 0) is 9.59 Å². The van der Waals surface area contributed by atoms with E-state index in [1.807, 2.05) is 0 Å². The lowest BCUT2D eigenvalue weighted by atomic mass is 9.97. The molecule has 17 heavy (non-hydrogen) atoms. The predicted octanol–water partition coefficient (Wildman–Crippen LogP) is 0.0146. The maximum Gasteiger partial charge on any atom is 0.327 e. The molecule has 2 saturated heterocycles. The number of carbonyl (C=O) groups excluding carboxylic acids is 1. The molecular formula is C11H18N2O3S. The van der Waals surface area contributed by atoms with Crippen molar-refractivity contribution in [1.82, 2.24) is 10.2 Å². The van der Waals surface area contributed by atoms with Gasteiger partial charge in [0.1, 0.15) is 6.04 Å². The zero-order valence-electron chi connectivity index (χ0n) is 9.72. The molecule has 0 aromatic rings. The summed E-state index contributed by atoms with van der Waals surface area (Å²) in [5.41, 5.74) is 0. The van der Waals surface area contributed by atoms with Crippen LogP contribution in [-0.4, -0.2) is 59.1 Å². The Morgan fingerprint density at radius 3 is 2.88 bits per heavy atom. The molecule has 5 nitrogen and oxygen atoms in total. The van der Waals surface area contributed by atoms with Gasteiger partial charge in [0.05, 0.1) is 5.92 Å². The number of amides is 1. The Bertz CT molecular complexity index is 305. The zero-order chi connectivity index (χ0) is 12.3. The summed E-state index contributed by atoms with van der Waals surface area (Å²) < 4.78 is 0. The van der Waals surface area contributed by atoms with Crippen molar-refractivity contribution >= 4 is 23.6 Å². The minimum absolute atomic E-state index is 0.0184. The molecule has 2 fully saturated rings. The molecule has 1 amide bonds. The third kappa shape index (κ3) is 2.93. The fourth-order valence-corrected chi connectivity index (χ4v) is 3.41. The van der Waals surface area contributed by atoms with Gasteiger partial charge in [-0.2, -0.15) is 11.8 Å². The molecule has 0 aliphatic carbocycles. The quantitative estimate of drug-likeness (QED) is 0.730. The number of carboxylic acids is 1. The number of carboxylic acid groups (broad SMARTS) is 1. The Balaban J connectivity index is 2.02. The number of hydrogen-bond acceptors (Lipinski definition) is 4. The predicted molar refractivity (Wildman–Crippen MR) is 66.1 cm³/mol. The van der Waals surface area contributed by atoms with Gasteiger partial charge in [-0.1, -0.05) is 0 Å². The highest BCUT2D eigenvalue weighted by atomic mass is 32.2. The molecule has 2 N–H and O–H groups in total. The summed E-state index contributed by atoms with van der Waals surface area (Å²) in [5, 5.41) is 12.3. The molecule has 0 aromatic carbocycles. The summed E-state index contributed by atoms with van der Waals surface area (Å²) in [4.78, 5) is 25.0. The number of thioether (sulfide) groups is 1. The van der Waals surface area contributed by atoms with E-state index in [0.29, 0.717) is 18.8 Å². The second kappa shape index (κ2) is 5.73. The van der Waals surface area contributed by atoms with E-state index in [9.17, 15) is 9.59 Å². The first-order chi connectivity index (χ1) is 8.20. The molecule has 2 unspecified atom stereocenters. The summed E-state index contributed by atoms with van der Waals surface area (Å²) in [7, 11) is 0. The summed E-state index contributed by atoms with van der Waals surface area (Å²) in [5.74, 6) is 0.463. The van der Waals surface area contributed by atoms with Crippen LogP contribution in [0.4, 0.5) is 0 Å². The van der Waals surface area contributed by atoms with Crippen molar-refractivity contribution < 1.29 is 14.7 Å². The van der Waals surface area contributed by atoms with Crippen LogP contribution >= 0.6 is 11.8 Å². The SMILES string of the molecule is O=C(O)C1CSCCN1C(=O)C1CCCNC1. The van der Waals surface area contributed by atoms with E-state index >= 15 is 0 Å². The van der Waals surface area contributed by atoms with E-state index in [2.05, 4.69) is 5.32 Å². The topological polar surface area (TPSA) is 69.6 Å². The van der Waals surface area contributed by atoms with Crippen molar-refractivity contribution in [3.05, 3.63) is 0 Å². The minimum Gasteiger partial charge on any atom is -0.480 e. The van der Waals surface area contributed by atoms with Crippen LogP contribution < -0.4 is 5.32 Å². The molecule has 2 heterocycles. The molecule has 0 spiro atoms. The van der Waals surface area contributed by atoms with Gasteiger partial charge in [-0.3, -0.25) is 4.79 Å². The van der Waals surface area contributed by atoms with Crippen LogP contribution in [0, 0.1) is 5.92 Å². The summed E-state index contributed by atoms with van der Waals surface area (Å²) in [6, 6.07) is -0.636. The highest BCUT2D eigenvalue weighted by Gasteiger charge is 2.35. The lowest BCUT2D eigenvalue weighted by molar-refractivity contribution is -0.151. The number of nitrogens with one attached hydrogen (secondary N) is 1. The summed E-state index contributed by atoms with van der Waals surface area (Å²) >= 11 is 1.61. The van der Waals surface area contributed by atoms with Crippen LogP contribution in [0.5, 0.6) is 0 Å². The van der Waals surface area contributed by atoms with Gasteiger partial charge in [0.25, 0.3) is 0 Å². The Hall–Kier alpha value is -0.750. The van der Waals surface area contributed by atoms with Gasteiger partial charge < -0.3 is 15.3 Å². The average Bonchev–Trinajstić information content (AvgIpc) is 2.39. The lowest BCUT2D eigenvalue weighted by Gasteiger charge is -2.36. The van der Waals surface area contributed by atoms with Gasteiger partial charge in [-0.25, -0.2) is 4.79 Å². The fraction of sp³-hybridized carbons (Fsp3) is 0.818. The molecule has 2 aliphatic heterocycles. The maximum absolute atomic E-state index is 12.3. The minimum atomic E-state index is -0.880. The molecule has 2 aliphatic rings. The third-order valence-corrected chi connectivity index (χ3v) is 4.37. The maximum atomic E-state index is 12.3. The van der Waals surface area contributed by atoms with Crippen molar-refractivity contribution in [2.24, 2.45) is 5.92 Å². The Labute approximate surface area is 105 Å². The lowest BCUT2D eigenvalue weighted by Crippen LogP contribution is -2.54. The molecule has 6 heteroatoms. The van der Waals surface area contributed by atoms with Gasteiger partial charge in [-0.15, -0.1) is 0 Å². The van der Waals surface area contributed by atoms with Gasteiger partial charge in [0, 0.05) is 24.6 Å². The first kappa shape index (κ1) is 12.7. The normalized spacial score (nSPS) is 30.0.